The molecule has 1 aliphatic rings. The van der Waals surface area contributed by atoms with Gasteiger partial charge in [0.05, 0.1) is 5.69 Å². The van der Waals surface area contributed by atoms with Gasteiger partial charge in [0.25, 0.3) is 0 Å². The number of rotatable bonds is 1. The summed E-state index contributed by atoms with van der Waals surface area (Å²) >= 11 is 3.28. The van der Waals surface area contributed by atoms with Gasteiger partial charge in [-0.1, -0.05) is 15.9 Å². The van der Waals surface area contributed by atoms with Gasteiger partial charge in [0, 0.05) is 17.1 Å². The molecule has 1 aromatic rings. The molecule has 82 valence electrons. The Kier molecular flexibility index (Phi) is 3.29. The predicted octanol–water partition coefficient (Wildman–Crippen LogP) is 3.97. The van der Waals surface area contributed by atoms with E-state index in [0.717, 1.165) is 23.1 Å². The maximum atomic E-state index is 13.7. The average molecular weight is 272 g/mol. The van der Waals surface area contributed by atoms with E-state index in [2.05, 4.69) is 27.8 Å². The summed E-state index contributed by atoms with van der Waals surface area (Å²) in [6, 6.07) is 5.76. The van der Waals surface area contributed by atoms with Crippen LogP contribution < -0.4 is 4.90 Å². The number of anilines is 1. The van der Waals surface area contributed by atoms with Crippen LogP contribution in [0.25, 0.3) is 0 Å². The van der Waals surface area contributed by atoms with E-state index in [1.807, 2.05) is 12.1 Å². The first kappa shape index (κ1) is 10.9. The zero-order valence-corrected chi connectivity index (χ0v) is 10.4. The van der Waals surface area contributed by atoms with Gasteiger partial charge in [-0.3, -0.25) is 0 Å². The van der Waals surface area contributed by atoms with E-state index in [-0.39, 0.29) is 5.82 Å². The van der Waals surface area contributed by atoms with Crippen LogP contribution in [0.15, 0.2) is 22.7 Å². The summed E-state index contributed by atoms with van der Waals surface area (Å²) in [6.07, 6.45) is 3.59. The lowest BCUT2D eigenvalue weighted by Crippen LogP contribution is -2.37. The molecular formula is C12H15BrFN. The molecule has 1 saturated heterocycles. The second-order valence-electron chi connectivity index (χ2n) is 4.13. The van der Waals surface area contributed by atoms with Crippen molar-refractivity contribution in [1.29, 1.82) is 0 Å². The number of nitrogens with zero attached hydrogens (tertiary/aromatic N) is 1. The Morgan fingerprint density at radius 1 is 1.40 bits per heavy atom. The Morgan fingerprint density at radius 3 is 2.87 bits per heavy atom. The maximum absolute atomic E-state index is 13.7. The molecule has 0 spiro atoms. The minimum absolute atomic E-state index is 0.127. The van der Waals surface area contributed by atoms with Gasteiger partial charge in [-0.05, 0) is 44.4 Å². The van der Waals surface area contributed by atoms with Gasteiger partial charge in [0.1, 0.15) is 5.82 Å². The third-order valence-corrected chi connectivity index (χ3v) is 3.52. The molecule has 0 aromatic heterocycles. The normalized spacial score (nSPS) is 21.8. The monoisotopic (exact) mass is 271 g/mol. The first-order valence-electron chi connectivity index (χ1n) is 5.40. The molecule has 1 aromatic carbocycles. The van der Waals surface area contributed by atoms with Crippen molar-refractivity contribution in [3.8, 4) is 0 Å². The van der Waals surface area contributed by atoms with Crippen molar-refractivity contribution < 1.29 is 4.39 Å². The molecule has 0 aliphatic carbocycles. The van der Waals surface area contributed by atoms with Gasteiger partial charge in [0.2, 0.25) is 0 Å². The third kappa shape index (κ3) is 2.33. The lowest BCUT2D eigenvalue weighted by atomic mass is 10.0. The van der Waals surface area contributed by atoms with Crippen molar-refractivity contribution in [2.24, 2.45) is 0 Å². The average Bonchev–Trinajstić information content (AvgIpc) is 2.20. The highest BCUT2D eigenvalue weighted by Crippen LogP contribution is 2.28. The highest BCUT2D eigenvalue weighted by molar-refractivity contribution is 9.10. The van der Waals surface area contributed by atoms with E-state index in [4.69, 9.17) is 0 Å². The Labute approximate surface area is 98.4 Å². The van der Waals surface area contributed by atoms with Gasteiger partial charge in [-0.2, -0.15) is 0 Å². The van der Waals surface area contributed by atoms with E-state index in [9.17, 15) is 4.39 Å². The van der Waals surface area contributed by atoms with Crippen molar-refractivity contribution in [2.75, 3.05) is 11.4 Å². The molecule has 0 N–H and O–H groups in total. The zero-order chi connectivity index (χ0) is 10.8. The van der Waals surface area contributed by atoms with Crippen LogP contribution in [-0.4, -0.2) is 12.6 Å². The summed E-state index contributed by atoms with van der Waals surface area (Å²) in [4.78, 5) is 2.17. The summed E-state index contributed by atoms with van der Waals surface area (Å²) in [6.45, 7) is 3.14. The van der Waals surface area contributed by atoms with E-state index in [0.29, 0.717) is 6.04 Å². The first-order chi connectivity index (χ1) is 7.18. The fourth-order valence-electron chi connectivity index (χ4n) is 2.17. The molecule has 1 atom stereocenters. The minimum atomic E-state index is -0.127. The van der Waals surface area contributed by atoms with Crippen molar-refractivity contribution in [1.82, 2.24) is 0 Å². The van der Waals surface area contributed by atoms with Crippen LogP contribution in [0.2, 0.25) is 0 Å². The summed E-state index contributed by atoms with van der Waals surface area (Å²) in [5.41, 5.74) is 0.741. The molecule has 1 heterocycles. The van der Waals surface area contributed by atoms with E-state index in [1.54, 1.807) is 0 Å². The number of halogens is 2. The Bertz CT molecular complexity index is 353. The van der Waals surface area contributed by atoms with Crippen molar-refractivity contribution >= 4 is 21.6 Å². The first-order valence-corrected chi connectivity index (χ1v) is 6.19. The van der Waals surface area contributed by atoms with E-state index >= 15 is 0 Å². The fraction of sp³-hybridized carbons (Fsp3) is 0.500. The molecular weight excluding hydrogens is 257 g/mol. The fourth-order valence-corrected chi connectivity index (χ4v) is 2.50. The maximum Gasteiger partial charge on any atom is 0.147 e. The molecule has 3 heteroatoms. The molecule has 0 amide bonds. The topological polar surface area (TPSA) is 3.24 Å². The number of hydrogen-bond donors (Lipinski definition) is 0. The van der Waals surface area contributed by atoms with Crippen molar-refractivity contribution in [3.63, 3.8) is 0 Å². The van der Waals surface area contributed by atoms with Crippen LogP contribution in [0, 0.1) is 5.82 Å². The molecule has 1 fully saturated rings. The van der Waals surface area contributed by atoms with Crippen molar-refractivity contribution in [2.45, 2.75) is 32.2 Å². The molecule has 0 bridgehead atoms. The zero-order valence-electron chi connectivity index (χ0n) is 8.84. The van der Waals surface area contributed by atoms with Gasteiger partial charge in [-0.25, -0.2) is 4.39 Å². The predicted molar refractivity (Wildman–Crippen MR) is 64.8 cm³/mol. The Morgan fingerprint density at radius 2 is 2.20 bits per heavy atom. The Balaban J connectivity index is 2.27. The smallest absolute Gasteiger partial charge is 0.147 e. The molecule has 1 aliphatic heterocycles. The second kappa shape index (κ2) is 4.52. The lowest BCUT2D eigenvalue weighted by Gasteiger charge is -2.35. The van der Waals surface area contributed by atoms with E-state index < -0.39 is 0 Å². The molecule has 0 saturated carbocycles. The lowest BCUT2D eigenvalue weighted by molar-refractivity contribution is 0.476. The Hall–Kier alpha value is -0.570. The molecule has 1 unspecified atom stereocenters. The van der Waals surface area contributed by atoms with Gasteiger partial charge < -0.3 is 4.90 Å². The van der Waals surface area contributed by atoms with Crippen LogP contribution in [0.5, 0.6) is 0 Å². The van der Waals surface area contributed by atoms with Gasteiger partial charge in [0.15, 0.2) is 0 Å². The number of benzene rings is 1. The standard InChI is InChI=1S/C12H15BrFN/c1-9-4-2-3-7-15(9)12-6-5-10(13)8-11(12)14/h5-6,8-9H,2-4,7H2,1H3. The minimum Gasteiger partial charge on any atom is -0.366 e. The van der Waals surface area contributed by atoms with Crippen LogP contribution in [0.1, 0.15) is 26.2 Å². The van der Waals surface area contributed by atoms with Crippen LogP contribution in [0.4, 0.5) is 10.1 Å². The second-order valence-corrected chi connectivity index (χ2v) is 5.05. The summed E-state index contributed by atoms with van der Waals surface area (Å²) in [5.74, 6) is -0.127. The largest absolute Gasteiger partial charge is 0.366 e. The van der Waals surface area contributed by atoms with Crippen molar-refractivity contribution in [3.05, 3.63) is 28.5 Å². The summed E-state index contributed by atoms with van der Waals surface area (Å²) in [7, 11) is 0. The molecule has 2 rings (SSSR count). The summed E-state index contributed by atoms with van der Waals surface area (Å²) < 4.78 is 14.5. The third-order valence-electron chi connectivity index (χ3n) is 3.02. The van der Waals surface area contributed by atoms with Gasteiger partial charge in [-0.15, -0.1) is 0 Å². The molecule has 0 radical (unpaired) electrons. The number of hydrogen-bond acceptors (Lipinski definition) is 1. The number of piperidine rings is 1. The quantitative estimate of drug-likeness (QED) is 0.747. The molecule has 1 nitrogen and oxygen atoms in total. The van der Waals surface area contributed by atoms with Crippen LogP contribution >= 0.6 is 15.9 Å². The van der Waals surface area contributed by atoms with E-state index in [1.165, 1.54) is 18.9 Å². The highest BCUT2D eigenvalue weighted by atomic mass is 79.9. The SMILES string of the molecule is CC1CCCCN1c1ccc(Br)cc1F. The highest BCUT2D eigenvalue weighted by Gasteiger charge is 2.20. The molecule has 15 heavy (non-hydrogen) atoms. The van der Waals surface area contributed by atoms with Gasteiger partial charge >= 0.3 is 0 Å². The summed E-state index contributed by atoms with van der Waals surface area (Å²) in [5, 5.41) is 0. The van der Waals surface area contributed by atoms with Crippen LogP contribution in [0.3, 0.4) is 0 Å². The van der Waals surface area contributed by atoms with Crippen LogP contribution in [-0.2, 0) is 0 Å².